The van der Waals surface area contributed by atoms with Crippen molar-refractivity contribution in [3.63, 3.8) is 0 Å². The molecule has 2 N–H and O–H groups in total. The number of hydrogen-bond acceptors (Lipinski definition) is 5. The number of piperazine rings is 1. The van der Waals surface area contributed by atoms with Gasteiger partial charge in [0.05, 0.1) is 22.7 Å². The van der Waals surface area contributed by atoms with Gasteiger partial charge in [-0.05, 0) is 13.0 Å². The highest BCUT2D eigenvalue weighted by Crippen LogP contribution is 2.25. The molecule has 1 aliphatic rings. The van der Waals surface area contributed by atoms with Crippen molar-refractivity contribution < 1.29 is 14.5 Å². The van der Waals surface area contributed by atoms with Gasteiger partial charge in [0.25, 0.3) is 5.69 Å². The van der Waals surface area contributed by atoms with E-state index in [2.05, 4.69) is 17.2 Å². The van der Waals surface area contributed by atoms with Gasteiger partial charge in [0.2, 0.25) is 5.91 Å². The molecule has 0 bridgehead atoms. The monoisotopic (exact) mass is 361 g/mol. The molecule has 1 aromatic rings. The number of urea groups is 1. The Balaban J connectivity index is 1.87. The van der Waals surface area contributed by atoms with Crippen LogP contribution in [0.4, 0.5) is 16.2 Å². The summed E-state index contributed by atoms with van der Waals surface area (Å²) in [5, 5.41) is 16.4. The van der Waals surface area contributed by atoms with Crippen LogP contribution in [0.15, 0.2) is 30.9 Å². The maximum Gasteiger partial charge on any atom is 0.321 e. The van der Waals surface area contributed by atoms with E-state index in [1.54, 1.807) is 30.0 Å². The molecule has 2 rings (SSSR count). The van der Waals surface area contributed by atoms with E-state index < -0.39 is 4.92 Å². The number of nitrogens with one attached hydrogen (secondary N) is 2. The van der Waals surface area contributed by atoms with E-state index in [0.717, 1.165) is 0 Å². The molecule has 9 nitrogen and oxygen atoms in total. The third-order valence-corrected chi connectivity index (χ3v) is 4.21. The molecule has 0 atom stereocenters. The van der Waals surface area contributed by atoms with Crippen molar-refractivity contribution in [2.24, 2.45) is 0 Å². The van der Waals surface area contributed by atoms with Crippen molar-refractivity contribution in [1.29, 1.82) is 0 Å². The Bertz CT molecular complexity index is 698. The Morgan fingerprint density at radius 2 is 2.00 bits per heavy atom. The van der Waals surface area contributed by atoms with Gasteiger partial charge in [-0.1, -0.05) is 12.1 Å². The number of nitro benzene ring substituents is 1. The predicted molar refractivity (Wildman–Crippen MR) is 98.1 cm³/mol. The molecule has 0 aromatic heterocycles. The zero-order chi connectivity index (χ0) is 19.1. The summed E-state index contributed by atoms with van der Waals surface area (Å²) in [6.45, 7) is 8.01. The van der Waals surface area contributed by atoms with Crippen LogP contribution in [0, 0.1) is 17.0 Å². The number of benzene rings is 1. The summed E-state index contributed by atoms with van der Waals surface area (Å²) in [5.41, 5.74) is 0.817. The zero-order valence-corrected chi connectivity index (χ0v) is 14.7. The van der Waals surface area contributed by atoms with Gasteiger partial charge in [-0.3, -0.25) is 19.8 Å². The molecule has 9 heteroatoms. The summed E-state index contributed by atoms with van der Waals surface area (Å²) >= 11 is 0. The highest BCUT2D eigenvalue weighted by molar-refractivity contribution is 5.91. The lowest BCUT2D eigenvalue weighted by Gasteiger charge is -2.34. The Morgan fingerprint density at radius 1 is 1.31 bits per heavy atom. The first-order chi connectivity index (χ1) is 12.4. The SMILES string of the molecule is C=CCNC(=O)CN1CCN(C(=O)Nc2cccc([N+](=O)[O-])c2C)CC1. The third kappa shape index (κ3) is 5.03. The minimum absolute atomic E-state index is 0.0295. The number of hydrogen-bond donors (Lipinski definition) is 2. The zero-order valence-electron chi connectivity index (χ0n) is 14.7. The molecule has 26 heavy (non-hydrogen) atoms. The van der Waals surface area contributed by atoms with Gasteiger partial charge in [-0.15, -0.1) is 6.58 Å². The van der Waals surface area contributed by atoms with Crippen molar-refractivity contribution in [3.8, 4) is 0 Å². The Hall–Kier alpha value is -2.94. The first kappa shape index (κ1) is 19.4. The van der Waals surface area contributed by atoms with E-state index in [1.165, 1.54) is 6.07 Å². The Morgan fingerprint density at radius 3 is 2.62 bits per heavy atom. The van der Waals surface area contributed by atoms with Crippen LogP contribution in [0.25, 0.3) is 0 Å². The molecule has 0 unspecified atom stereocenters. The lowest BCUT2D eigenvalue weighted by atomic mass is 10.1. The molecule has 0 saturated carbocycles. The van der Waals surface area contributed by atoms with Crippen LogP contribution < -0.4 is 10.6 Å². The molecule has 1 heterocycles. The fraction of sp³-hybridized carbons (Fsp3) is 0.412. The maximum absolute atomic E-state index is 12.4. The van der Waals surface area contributed by atoms with Crippen molar-refractivity contribution >= 4 is 23.3 Å². The Labute approximate surface area is 151 Å². The van der Waals surface area contributed by atoms with Gasteiger partial charge in [-0.2, -0.15) is 0 Å². The molecule has 1 fully saturated rings. The number of rotatable bonds is 6. The molecule has 1 aliphatic heterocycles. The predicted octanol–water partition coefficient (Wildman–Crippen LogP) is 1.35. The summed E-state index contributed by atoms with van der Waals surface area (Å²) < 4.78 is 0. The summed E-state index contributed by atoms with van der Waals surface area (Å²) in [5.74, 6) is -0.0741. The van der Waals surface area contributed by atoms with Crippen LogP contribution in [0.1, 0.15) is 5.56 Å². The van der Waals surface area contributed by atoms with Crippen molar-refractivity contribution in [3.05, 3.63) is 46.5 Å². The largest absolute Gasteiger partial charge is 0.352 e. The number of carbonyl (C=O) groups is 2. The first-order valence-electron chi connectivity index (χ1n) is 8.32. The van der Waals surface area contributed by atoms with Gasteiger partial charge in [0.1, 0.15) is 0 Å². The highest BCUT2D eigenvalue weighted by Gasteiger charge is 2.23. The molecule has 0 aliphatic carbocycles. The minimum Gasteiger partial charge on any atom is -0.352 e. The standard InChI is InChI=1S/C17H23N5O4/c1-3-7-18-16(23)12-20-8-10-21(11-9-20)17(24)19-14-5-4-6-15(13(14)2)22(25)26/h3-6H,1,7-12H2,2H3,(H,18,23)(H,19,24). The fourth-order valence-electron chi connectivity index (χ4n) is 2.70. The van der Waals surface area contributed by atoms with Gasteiger partial charge >= 0.3 is 6.03 Å². The Kier molecular flexibility index (Phi) is 6.67. The van der Waals surface area contributed by atoms with Gasteiger partial charge in [0, 0.05) is 38.8 Å². The molecular weight excluding hydrogens is 338 g/mol. The summed E-state index contributed by atoms with van der Waals surface area (Å²) in [6, 6.07) is 4.28. The fourth-order valence-corrected chi connectivity index (χ4v) is 2.70. The van der Waals surface area contributed by atoms with Crippen LogP contribution >= 0.6 is 0 Å². The average molecular weight is 361 g/mol. The van der Waals surface area contributed by atoms with Crippen LogP contribution in [0.5, 0.6) is 0 Å². The van der Waals surface area contributed by atoms with Crippen molar-refractivity contribution in [2.75, 3.05) is 44.6 Å². The molecule has 0 spiro atoms. The maximum atomic E-state index is 12.4. The summed E-state index contributed by atoms with van der Waals surface area (Å²) in [4.78, 5) is 38.2. The lowest BCUT2D eigenvalue weighted by molar-refractivity contribution is -0.385. The second-order valence-electron chi connectivity index (χ2n) is 5.99. The number of nitrogens with zero attached hydrogens (tertiary/aromatic N) is 3. The number of nitro groups is 1. The molecule has 1 aromatic carbocycles. The van der Waals surface area contributed by atoms with Crippen LogP contribution in [0.3, 0.4) is 0 Å². The topological polar surface area (TPSA) is 108 Å². The van der Waals surface area contributed by atoms with Crippen LogP contribution in [-0.4, -0.2) is 65.9 Å². The average Bonchev–Trinajstić information content (AvgIpc) is 2.62. The first-order valence-corrected chi connectivity index (χ1v) is 8.32. The van der Waals surface area contributed by atoms with E-state index in [1.807, 2.05) is 4.90 Å². The number of anilines is 1. The van der Waals surface area contributed by atoms with Gasteiger partial charge < -0.3 is 15.5 Å². The summed E-state index contributed by atoms with van der Waals surface area (Å²) in [7, 11) is 0. The number of carbonyl (C=O) groups excluding carboxylic acids is 2. The molecular formula is C17H23N5O4. The van der Waals surface area contributed by atoms with E-state index in [9.17, 15) is 19.7 Å². The summed E-state index contributed by atoms with van der Waals surface area (Å²) in [6.07, 6.45) is 1.62. The van der Waals surface area contributed by atoms with E-state index >= 15 is 0 Å². The second kappa shape index (κ2) is 8.95. The smallest absolute Gasteiger partial charge is 0.321 e. The van der Waals surface area contributed by atoms with Gasteiger partial charge in [-0.25, -0.2) is 4.79 Å². The number of amides is 3. The van der Waals surface area contributed by atoms with Crippen molar-refractivity contribution in [1.82, 2.24) is 15.1 Å². The van der Waals surface area contributed by atoms with Crippen molar-refractivity contribution in [2.45, 2.75) is 6.92 Å². The van der Waals surface area contributed by atoms with Crippen LogP contribution in [-0.2, 0) is 4.79 Å². The van der Waals surface area contributed by atoms with Crippen LogP contribution in [0.2, 0.25) is 0 Å². The molecule has 3 amide bonds. The quantitative estimate of drug-likeness (QED) is 0.452. The van der Waals surface area contributed by atoms with Gasteiger partial charge in [0.15, 0.2) is 0 Å². The van der Waals surface area contributed by atoms with E-state index in [0.29, 0.717) is 44.0 Å². The normalized spacial score (nSPS) is 14.6. The third-order valence-electron chi connectivity index (χ3n) is 4.21. The highest BCUT2D eigenvalue weighted by atomic mass is 16.6. The van der Waals surface area contributed by atoms with E-state index in [-0.39, 0.29) is 24.2 Å². The van der Waals surface area contributed by atoms with E-state index in [4.69, 9.17) is 0 Å². The lowest BCUT2D eigenvalue weighted by Crippen LogP contribution is -2.52. The molecule has 1 saturated heterocycles. The molecule has 0 radical (unpaired) electrons. The molecule has 140 valence electrons. The minimum atomic E-state index is -0.471. The second-order valence-corrected chi connectivity index (χ2v) is 5.99.